The zero-order valence-electron chi connectivity index (χ0n) is 10.4. The van der Waals surface area contributed by atoms with Gasteiger partial charge in [-0.3, -0.25) is 0 Å². The highest BCUT2D eigenvalue weighted by molar-refractivity contribution is 5.70. The van der Waals surface area contributed by atoms with Crippen molar-refractivity contribution in [1.82, 2.24) is 0 Å². The van der Waals surface area contributed by atoms with Gasteiger partial charge in [0.15, 0.2) is 0 Å². The summed E-state index contributed by atoms with van der Waals surface area (Å²) in [5.74, 6) is 5.48. The third-order valence-electron chi connectivity index (χ3n) is 1.43. The van der Waals surface area contributed by atoms with Gasteiger partial charge in [-0.2, -0.15) is 0 Å². The lowest BCUT2D eigenvalue weighted by molar-refractivity contribution is 1.02. The Bertz CT molecular complexity index is 259. The smallest absolute Gasteiger partial charge is 0.0744 e. The number of nitrogens with two attached hydrogens (primary N) is 3. The van der Waals surface area contributed by atoms with Gasteiger partial charge in [-0.05, 0) is 18.2 Å². The molecule has 0 aliphatic rings. The molecule has 1 aromatic carbocycles. The number of hydrogen-bond donors (Lipinski definition) is 3. The van der Waals surface area contributed by atoms with Crippen molar-refractivity contribution in [2.75, 3.05) is 23.5 Å². The van der Waals surface area contributed by atoms with E-state index in [9.17, 15) is 0 Å². The largest absolute Gasteiger partial charge is 0.399 e. The maximum Gasteiger partial charge on any atom is 0.0744 e. The number of benzene rings is 1. The van der Waals surface area contributed by atoms with E-state index in [1.807, 2.05) is 27.7 Å². The minimum absolute atomic E-state index is 0.593. The predicted octanol–water partition coefficient (Wildman–Crippen LogP) is 2.21. The molecular weight excluding hydrogens is 188 g/mol. The first-order chi connectivity index (χ1) is 7.11. The van der Waals surface area contributed by atoms with E-state index in [0.717, 1.165) is 5.69 Å². The Balaban J connectivity index is 0. The molecular formula is C11H24N4. The van der Waals surface area contributed by atoms with Crippen LogP contribution < -0.4 is 22.3 Å². The van der Waals surface area contributed by atoms with Gasteiger partial charge in [0.2, 0.25) is 0 Å². The van der Waals surface area contributed by atoms with Gasteiger partial charge in [0, 0.05) is 12.7 Å². The molecule has 0 aromatic heterocycles. The molecule has 0 atom stereocenters. The first-order valence-corrected chi connectivity index (χ1v) is 5.24. The third kappa shape index (κ3) is 5.80. The van der Waals surface area contributed by atoms with Crippen LogP contribution in [0.25, 0.3) is 0 Å². The van der Waals surface area contributed by atoms with E-state index >= 15 is 0 Å². The van der Waals surface area contributed by atoms with E-state index in [0.29, 0.717) is 11.4 Å². The second-order valence-electron chi connectivity index (χ2n) is 2.43. The van der Waals surface area contributed by atoms with Crippen molar-refractivity contribution >= 4 is 17.1 Å². The molecule has 4 heteroatoms. The Morgan fingerprint density at radius 3 is 1.80 bits per heavy atom. The topological polar surface area (TPSA) is 81.3 Å². The fraction of sp³-hybridized carbons (Fsp3) is 0.455. The van der Waals surface area contributed by atoms with Crippen LogP contribution >= 0.6 is 0 Å². The molecule has 0 radical (unpaired) electrons. The number of hydrogen-bond acceptors (Lipinski definition) is 4. The summed E-state index contributed by atoms with van der Waals surface area (Å²) in [6.45, 7) is 8.00. The zero-order chi connectivity index (χ0) is 12.4. The van der Waals surface area contributed by atoms with Crippen LogP contribution in [-0.2, 0) is 0 Å². The van der Waals surface area contributed by atoms with E-state index in [2.05, 4.69) is 0 Å². The fourth-order valence-corrected chi connectivity index (χ4v) is 0.894. The number of nitrogen functional groups attached to an aromatic ring is 2. The van der Waals surface area contributed by atoms with Gasteiger partial charge < -0.3 is 16.5 Å². The summed E-state index contributed by atoms with van der Waals surface area (Å²) < 4.78 is 0. The fourth-order valence-electron chi connectivity index (χ4n) is 0.894. The minimum Gasteiger partial charge on any atom is -0.399 e. The van der Waals surface area contributed by atoms with Gasteiger partial charge in [-0.25, -0.2) is 5.84 Å². The summed E-state index contributed by atoms with van der Waals surface area (Å²) in [6, 6.07) is 5.22. The number of nitrogens with zero attached hydrogens (tertiary/aromatic N) is 1. The highest BCUT2D eigenvalue weighted by Gasteiger charge is 2.00. The first-order valence-electron chi connectivity index (χ1n) is 5.24. The molecule has 1 rings (SSSR count). The van der Waals surface area contributed by atoms with Gasteiger partial charge in [-0.1, -0.05) is 27.7 Å². The summed E-state index contributed by atoms with van der Waals surface area (Å²) in [6.07, 6.45) is 0. The van der Waals surface area contributed by atoms with E-state index in [1.165, 1.54) is 5.01 Å². The highest BCUT2D eigenvalue weighted by Crippen LogP contribution is 2.21. The van der Waals surface area contributed by atoms with Gasteiger partial charge >= 0.3 is 0 Å². The first kappa shape index (κ1) is 16.0. The molecule has 0 saturated carbocycles. The molecule has 0 aliphatic heterocycles. The third-order valence-corrected chi connectivity index (χ3v) is 1.43. The van der Waals surface area contributed by atoms with E-state index in [-0.39, 0.29) is 0 Å². The van der Waals surface area contributed by atoms with Crippen molar-refractivity contribution in [1.29, 1.82) is 0 Å². The standard InChI is InChI=1S/C7H12N4.2C2H6/c1-11(10)7-3-2-5(8)4-6(7)9;2*1-2/h2-4H,8-10H2,1H3;2*1-2H3. The molecule has 0 saturated heterocycles. The SMILES string of the molecule is CC.CC.CN(N)c1ccc(N)cc1N. The molecule has 0 heterocycles. The van der Waals surface area contributed by atoms with Crippen LogP contribution in [0.5, 0.6) is 0 Å². The van der Waals surface area contributed by atoms with Crippen LogP contribution in [-0.4, -0.2) is 7.05 Å². The van der Waals surface area contributed by atoms with Crippen LogP contribution in [0.2, 0.25) is 0 Å². The van der Waals surface area contributed by atoms with Gasteiger partial charge in [-0.15, -0.1) is 0 Å². The zero-order valence-corrected chi connectivity index (χ0v) is 10.4. The van der Waals surface area contributed by atoms with Crippen molar-refractivity contribution in [2.45, 2.75) is 27.7 Å². The summed E-state index contributed by atoms with van der Waals surface area (Å²) in [4.78, 5) is 0. The summed E-state index contributed by atoms with van der Waals surface area (Å²) in [7, 11) is 1.72. The average Bonchev–Trinajstić information content (AvgIpc) is 2.23. The van der Waals surface area contributed by atoms with Crippen LogP contribution in [0.3, 0.4) is 0 Å². The monoisotopic (exact) mass is 212 g/mol. The van der Waals surface area contributed by atoms with Crippen molar-refractivity contribution in [3.8, 4) is 0 Å². The maximum atomic E-state index is 5.62. The van der Waals surface area contributed by atoms with E-state index < -0.39 is 0 Å². The van der Waals surface area contributed by atoms with E-state index in [1.54, 1.807) is 25.2 Å². The molecule has 6 N–H and O–H groups in total. The predicted molar refractivity (Wildman–Crippen MR) is 70.6 cm³/mol. The number of rotatable bonds is 1. The van der Waals surface area contributed by atoms with Crippen LogP contribution in [0, 0.1) is 0 Å². The molecule has 4 nitrogen and oxygen atoms in total. The molecule has 0 unspecified atom stereocenters. The highest BCUT2D eigenvalue weighted by atomic mass is 15.4. The van der Waals surface area contributed by atoms with Crippen molar-refractivity contribution < 1.29 is 0 Å². The Hall–Kier alpha value is -1.42. The van der Waals surface area contributed by atoms with Crippen LogP contribution in [0.4, 0.5) is 17.1 Å². The van der Waals surface area contributed by atoms with Gasteiger partial charge in [0.25, 0.3) is 0 Å². The molecule has 0 bridgehead atoms. The van der Waals surface area contributed by atoms with Crippen molar-refractivity contribution in [3.63, 3.8) is 0 Å². The molecule has 88 valence electrons. The lowest BCUT2D eigenvalue weighted by Gasteiger charge is -2.14. The summed E-state index contributed by atoms with van der Waals surface area (Å²) in [5.41, 5.74) is 13.1. The molecule has 1 aromatic rings. The molecule has 0 spiro atoms. The van der Waals surface area contributed by atoms with Crippen LogP contribution in [0.15, 0.2) is 18.2 Å². The Morgan fingerprint density at radius 1 is 1.00 bits per heavy atom. The van der Waals surface area contributed by atoms with Gasteiger partial charge in [0.05, 0.1) is 11.4 Å². The minimum atomic E-state index is 0.593. The molecule has 0 fully saturated rings. The number of anilines is 3. The molecule has 15 heavy (non-hydrogen) atoms. The lowest BCUT2D eigenvalue weighted by Crippen LogP contribution is -2.25. The maximum absolute atomic E-state index is 5.62. The van der Waals surface area contributed by atoms with Crippen molar-refractivity contribution in [2.24, 2.45) is 5.84 Å². The van der Waals surface area contributed by atoms with Crippen LogP contribution in [0.1, 0.15) is 27.7 Å². The average molecular weight is 212 g/mol. The number of hydrazine groups is 1. The summed E-state index contributed by atoms with van der Waals surface area (Å²) >= 11 is 0. The molecule has 0 aliphatic carbocycles. The second-order valence-corrected chi connectivity index (χ2v) is 2.43. The lowest BCUT2D eigenvalue weighted by atomic mass is 10.2. The second kappa shape index (κ2) is 9.15. The summed E-state index contributed by atoms with van der Waals surface area (Å²) in [5, 5.41) is 1.45. The quantitative estimate of drug-likeness (QED) is 0.379. The Kier molecular flexibility index (Phi) is 9.77. The van der Waals surface area contributed by atoms with Crippen molar-refractivity contribution in [3.05, 3.63) is 18.2 Å². The molecule has 0 amide bonds. The Morgan fingerprint density at radius 2 is 1.47 bits per heavy atom. The Labute approximate surface area is 93.0 Å². The van der Waals surface area contributed by atoms with E-state index in [4.69, 9.17) is 17.3 Å². The van der Waals surface area contributed by atoms with Gasteiger partial charge in [0.1, 0.15) is 0 Å². The normalized spacial score (nSPS) is 7.87.